The van der Waals surface area contributed by atoms with Gasteiger partial charge in [-0.05, 0) is 37.6 Å². The summed E-state index contributed by atoms with van der Waals surface area (Å²) in [5, 5.41) is 6.37. The van der Waals surface area contributed by atoms with Gasteiger partial charge in [0.2, 0.25) is 0 Å². The number of rotatable bonds is 6. The van der Waals surface area contributed by atoms with Crippen molar-refractivity contribution in [1.29, 1.82) is 0 Å². The molecule has 0 amide bonds. The zero-order valence-electron chi connectivity index (χ0n) is 14.6. The number of guanidine groups is 1. The number of aliphatic imine (C=N–C) groups is 1. The molecule has 2 N–H and O–H groups in total. The van der Waals surface area contributed by atoms with Gasteiger partial charge in [-0.1, -0.05) is 18.2 Å². The van der Waals surface area contributed by atoms with E-state index in [1.807, 2.05) is 26.0 Å². The van der Waals surface area contributed by atoms with E-state index in [0.717, 1.165) is 11.3 Å². The van der Waals surface area contributed by atoms with Gasteiger partial charge < -0.3 is 15.4 Å². The van der Waals surface area contributed by atoms with E-state index in [1.165, 1.54) is 6.07 Å². The molecule has 0 radical (unpaired) electrons. The highest BCUT2D eigenvalue weighted by atomic mass is 127. The number of ether oxygens (including phenoxy) is 1. The van der Waals surface area contributed by atoms with E-state index in [2.05, 4.69) is 20.6 Å². The average molecular weight is 458 g/mol. The van der Waals surface area contributed by atoms with E-state index in [0.29, 0.717) is 19.0 Å². The maximum Gasteiger partial charge on any atom is 0.191 e. The molecule has 0 bridgehead atoms. The van der Waals surface area contributed by atoms with Crippen LogP contribution in [-0.2, 0) is 6.54 Å². The highest BCUT2D eigenvalue weighted by molar-refractivity contribution is 14.0. The topological polar surface area (TPSA) is 58.5 Å². The molecule has 1 atom stereocenters. The summed E-state index contributed by atoms with van der Waals surface area (Å²) >= 11 is 0. The minimum atomic E-state index is -0.363. The van der Waals surface area contributed by atoms with Crippen molar-refractivity contribution < 1.29 is 9.13 Å². The first-order valence-electron chi connectivity index (χ1n) is 7.86. The Morgan fingerprint density at radius 1 is 1.24 bits per heavy atom. The summed E-state index contributed by atoms with van der Waals surface area (Å²) < 4.78 is 19.2. The van der Waals surface area contributed by atoms with Crippen molar-refractivity contribution in [3.63, 3.8) is 0 Å². The molecular formula is C18H24FIN4O. The molecular weight excluding hydrogens is 434 g/mol. The van der Waals surface area contributed by atoms with Gasteiger partial charge in [0.05, 0.1) is 18.8 Å². The van der Waals surface area contributed by atoms with Gasteiger partial charge in [-0.15, -0.1) is 24.0 Å². The molecule has 25 heavy (non-hydrogen) atoms. The SMILES string of the molecule is CN=C(NCc1ncccc1C)NCC(C)Oc1ccccc1F.I. The van der Waals surface area contributed by atoms with E-state index in [-0.39, 0.29) is 41.6 Å². The van der Waals surface area contributed by atoms with Gasteiger partial charge in [-0.2, -0.15) is 0 Å². The molecule has 5 nitrogen and oxygen atoms in total. The minimum absolute atomic E-state index is 0. The van der Waals surface area contributed by atoms with Crippen LogP contribution in [0.15, 0.2) is 47.6 Å². The van der Waals surface area contributed by atoms with Gasteiger partial charge in [-0.25, -0.2) is 4.39 Å². The predicted octanol–water partition coefficient (Wildman–Crippen LogP) is 3.28. The van der Waals surface area contributed by atoms with Crippen molar-refractivity contribution in [3.05, 3.63) is 59.7 Å². The number of para-hydroxylation sites is 1. The lowest BCUT2D eigenvalue weighted by Crippen LogP contribution is -2.41. The number of nitrogens with zero attached hydrogens (tertiary/aromatic N) is 2. The lowest BCUT2D eigenvalue weighted by Gasteiger charge is -2.18. The first kappa shape index (κ1) is 21.1. The van der Waals surface area contributed by atoms with Crippen LogP contribution in [0.4, 0.5) is 4.39 Å². The predicted molar refractivity (Wildman–Crippen MR) is 109 cm³/mol. The fourth-order valence-electron chi connectivity index (χ4n) is 2.13. The Labute approximate surface area is 165 Å². The number of nitrogens with one attached hydrogen (secondary N) is 2. The van der Waals surface area contributed by atoms with Crippen molar-refractivity contribution in [2.75, 3.05) is 13.6 Å². The number of hydrogen-bond donors (Lipinski definition) is 2. The van der Waals surface area contributed by atoms with E-state index in [4.69, 9.17) is 4.74 Å². The Bertz CT molecular complexity index is 696. The molecule has 2 rings (SSSR count). The highest BCUT2D eigenvalue weighted by Gasteiger charge is 2.09. The first-order valence-corrected chi connectivity index (χ1v) is 7.86. The lowest BCUT2D eigenvalue weighted by atomic mass is 10.2. The first-order chi connectivity index (χ1) is 11.6. The molecule has 0 spiro atoms. The number of pyridine rings is 1. The van der Waals surface area contributed by atoms with Crippen molar-refractivity contribution >= 4 is 29.9 Å². The second-order valence-corrected chi connectivity index (χ2v) is 5.43. The van der Waals surface area contributed by atoms with E-state index >= 15 is 0 Å². The molecule has 0 aliphatic carbocycles. The smallest absolute Gasteiger partial charge is 0.191 e. The highest BCUT2D eigenvalue weighted by Crippen LogP contribution is 2.16. The van der Waals surface area contributed by atoms with E-state index in [1.54, 1.807) is 31.4 Å². The van der Waals surface area contributed by atoms with Gasteiger partial charge in [0.15, 0.2) is 17.5 Å². The van der Waals surface area contributed by atoms with Crippen LogP contribution in [0, 0.1) is 12.7 Å². The molecule has 0 saturated heterocycles. The van der Waals surface area contributed by atoms with E-state index < -0.39 is 0 Å². The average Bonchev–Trinajstić information content (AvgIpc) is 2.58. The summed E-state index contributed by atoms with van der Waals surface area (Å²) in [7, 11) is 1.70. The molecule has 136 valence electrons. The summed E-state index contributed by atoms with van der Waals surface area (Å²) in [4.78, 5) is 8.50. The summed E-state index contributed by atoms with van der Waals surface area (Å²) in [5.41, 5.74) is 2.09. The molecule has 2 aromatic rings. The maximum atomic E-state index is 13.6. The Morgan fingerprint density at radius 3 is 2.68 bits per heavy atom. The van der Waals surface area contributed by atoms with Crippen LogP contribution in [-0.4, -0.2) is 30.6 Å². The molecule has 0 aliphatic heterocycles. The molecule has 0 aliphatic rings. The molecule has 1 unspecified atom stereocenters. The molecule has 0 fully saturated rings. The quantitative estimate of drug-likeness (QED) is 0.397. The summed E-state index contributed by atoms with van der Waals surface area (Å²) in [6, 6.07) is 10.3. The van der Waals surface area contributed by atoms with Gasteiger partial charge in [0, 0.05) is 13.2 Å². The minimum Gasteiger partial charge on any atom is -0.486 e. The van der Waals surface area contributed by atoms with Crippen LogP contribution in [0.1, 0.15) is 18.2 Å². The number of aromatic nitrogens is 1. The van der Waals surface area contributed by atoms with Crippen molar-refractivity contribution in [1.82, 2.24) is 15.6 Å². The summed E-state index contributed by atoms with van der Waals surface area (Å²) in [5.74, 6) is 0.528. The van der Waals surface area contributed by atoms with Gasteiger partial charge >= 0.3 is 0 Å². The van der Waals surface area contributed by atoms with Crippen LogP contribution in [0.3, 0.4) is 0 Å². The fourth-order valence-corrected chi connectivity index (χ4v) is 2.13. The number of halogens is 2. The Morgan fingerprint density at radius 2 is 2.00 bits per heavy atom. The van der Waals surface area contributed by atoms with E-state index in [9.17, 15) is 4.39 Å². The van der Waals surface area contributed by atoms with Gasteiger partial charge in [0.1, 0.15) is 6.10 Å². The third kappa shape index (κ3) is 6.85. The van der Waals surface area contributed by atoms with Crippen molar-refractivity contribution in [2.24, 2.45) is 4.99 Å². The second-order valence-electron chi connectivity index (χ2n) is 5.43. The largest absolute Gasteiger partial charge is 0.486 e. The monoisotopic (exact) mass is 458 g/mol. The summed E-state index contributed by atoms with van der Waals surface area (Å²) in [6.45, 7) is 4.96. The standard InChI is InChI=1S/C18H23FN4O.HI/c1-13-7-6-10-21-16(13)12-23-18(20-3)22-11-14(2)24-17-9-5-4-8-15(17)19;/h4-10,14H,11-12H2,1-3H3,(H2,20,22,23);1H. The van der Waals surface area contributed by atoms with Crippen molar-refractivity contribution in [3.8, 4) is 5.75 Å². The fraction of sp³-hybridized carbons (Fsp3) is 0.333. The number of aryl methyl sites for hydroxylation is 1. The van der Waals surface area contributed by atoms with Crippen LogP contribution >= 0.6 is 24.0 Å². The molecule has 0 saturated carbocycles. The maximum absolute atomic E-state index is 13.6. The number of benzene rings is 1. The molecule has 1 aromatic carbocycles. The molecule has 7 heteroatoms. The Kier molecular flexibility index (Phi) is 9.18. The third-order valence-corrected chi connectivity index (χ3v) is 3.49. The van der Waals surface area contributed by atoms with Gasteiger partial charge in [-0.3, -0.25) is 9.98 Å². The Balaban J connectivity index is 0.00000312. The molecule has 1 heterocycles. The van der Waals surface area contributed by atoms with Crippen LogP contribution in [0.5, 0.6) is 5.75 Å². The normalized spacial score (nSPS) is 12.1. The van der Waals surface area contributed by atoms with Crippen LogP contribution in [0.25, 0.3) is 0 Å². The third-order valence-electron chi connectivity index (χ3n) is 3.49. The zero-order chi connectivity index (χ0) is 17.4. The second kappa shape index (κ2) is 10.9. The molecule has 1 aromatic heterocycles. The lowest BCUT2D eigenvalue weighted by molar-refractivity contribution is 0.214. The zero-order valence-corrected chi connectivity index (χ0v) is 17.0. The Hall–Kier alpha value is -1.90. The van der Waals surface area contributed by atoms with Crippen LogP contribution in [0.2, 0.25) is 0 Å². The van der Waals surface area contributed by atoms with Gasteiger partial charge in [0.25, 0.3) is 0 Å². The van der Waals surface area contributed by atoms with Crippen molar-refractivity contribution in [2.45, 2.75) is 26.5 Å². The van der Waals surface area contributed by atoms with Crippen LogP contribution < -0.4 is 15.4 Å². The summed E-state index contributed by atoms with van der Waals surface area (Å²) in [6.07, 6.45) is 1.56. The number of hydrogen-bond acceptors (Lipinski definition) is 3.